The summed E-state index contributed by atoms with van der Waals surface area (Å²) >= 11 is 0. The first-order valence-electron chi connectivity index (χ1n) is 6.35. The number of hydrogen-bond donors (Lipinski definition) is 0. The average molecular weight is 260 g/mol. The Kier molecular flexibility index (Phi) is 4.10. The molecule has 0 N–H and O–H groups in total. The maximum absolute atomic E-state index is 12.2. The zero-order valence-electron chi connectivity index (χ0n) is 10.8. The Hall–Kier alpha value is -1.97. The van der Waals surface area contributed by atoms with Crippen LogP contribution in [-0.4, -0.2) is 24.6 Å². The summed E-state index contributed by atoms with van der Waals surface area (Å²) in [6.45, 7) is 0. The third kappa shape index (κ3) is 2.89. The van der Waals surface area contributed by atoms with Gasteiger partial charge in [-0.2, -0.15) is 0 Å². The van der Waals surface area contributed by atoms with Gasteiger partial charge in [-0.05, 0) is 18.4 Å². The van der Waals surface area contributed by atoms with Crippen LogP contribution in [0.25, 0.3) is 0 Å². The van der Waals surface area contributed by atoms with E-state index < -0.39 is 11.9 Å². The van der Waals surface area contributed by atoms with E-state index in [2.05, 4.69) is 4.74 Å². The number of ether oxygens (including phenoxy) is 1. The summed E-state index contributed by atoms with van der Waals surface area (Å²) in [4.78, 5) is 35.3. The number of benzene rings is 1. The summed E-state index contributed by atoms with van der Waals surface area (Å²) in [6, 6.07) is 7.38. The fourth-order valence-corrected chi connectivity index (χ4v) is 2.41. The van der Waals surface area contributed by atoms with Crippen molar-refractivity contribution in [3.8, 4) is 0 Å². The van der Waals surface area contributed by atoms with E-state index >= 15 is 0 Å². The molecule has 0 saturated carbocycles. The van der Waals surface area contributed by atoms with Gasteiger partial charge in [-0.3, -0.25) is 14.4 Å². The van der Waals surface area contributed by atoms with E-state index in [9.17, 15) is 14.4 Å². The lowest BCUT2D eigenvalue weighted by Gasteiger charge is -2.22. The topological polar surface area (TPSA) is 60.4 Å². The molecule has 0 saturated heterocycles. The number of methoxy groups -OCH3 is 1. The normalized spacial score (nSPS) is 17.7. The smallest absolute Gasteiger partial charge is 0.305 e. The van der Waals surface area contributed by atoms with Crippen molar-refractivity contribution < 1.29 is 19.1 Å². The third-order valence-electron chi connectivity index (χ3n) is 3.49. The molecule has 1 unspecified atom stereocenters. The SMILES string of the molecule is COC(=O)CCC(=O)C1CCc2ccccc2C1=O. The molecule has 0 bridgehead atoms. The van der Waals surface area contributed by atoms with Crippen molar-refractivity contribution in [2.75, 3.05) is 7.11 Å². The van der Waals surface area contributed by atoms with Gasteiger partial charge in [0.15, 0.2) is 5.78 Å². The maximum atomic E-state index is 12.2. The molecule has 100 valence electrons. The van der Waals surface area contributed by atoms with Crippen molar-refractivity contribution in [2.45, 2.75) is 25.7 Å². The second-order valence-electron chi connectivity index (χ2n) is 4.66. The van der Waals surface area contributed by atoms with E-state index in [1.807, 2.05) is 12.1 Å². The lowest BCUT2D eigenvalue weighted by molar-refractivity contribution is -0.142. The van der Waals surface area contributed by atoms with Crippen molar-refractivity contribution in [3.05, 3.63) is 35.4 Å². The number of fused-ring (bicyclic) bond motifs is 1. The fraction of sp³-hybridized carbons (Fsp3) is 0.400. The number of carbonyl (C=O) groups is 3. The molecule has 4 nitrogen and oxygen atoms in total. The van der Waals surface area contributed by atoms with Crippen molar-refractivity contribution in [3.63, 3.8) is 0 Å². The lowest BCUT2D eigenvalue weighted by atomic mass is 9.80. The van der Waals surface area contributed by atoms with Gasteiger partial charge in [-0.15, -0.1) is 0 Å². The monoisotopic (exact) mass is 260 g/mol. The van der Waals surface area contributed by atoms with Gasteiger partial charge in [-0.1, -0.05) is 24.3 Å². The number of hydrogen-bond acceptors (Lipinski definition) is 4. The van der Waals surface area contributed by atoms with Gasteiger partial charge in [0.25, 0.3) is 0 Å². The van der Waals surface area contributed by atoms with E-state index in [0.717, 1.165) is 12.0 Å². The maximum Gasteiger partial charge on any atom is 0.305 e. The molecular weight excluding hydrogens is 244 g/mol. The molecule has 0 aromatic heterocycles. The van der Waals surface area contributed by atoms with Gasteiger partial charge >= 0.3 is 5.97 Å². The molecule has 0 aliphatic heterocycles. The molecule has 2 rings (SSSR count). The summed E-state index contributed by atoms with van der Waals surface area (Å²) in [5.74, 6) is -1.29. The summed E-state index contributed by atoms with van der Waals surface area (Å²) in [6.07, 6.45) is 1.39. The van der Waals surface area contributed by atoms with Crippen LogP contribution in [0.15, 0.2) is 24.3 Å². The van der Waals surface area contributed by atoms with E-state index in [0.29, 0.717) is 12.0 Å². The zero-order chi connectivity index (χ0) is 13.8. The van der Waals surface area contributed by atoms with Crippen molar-refractivity contribution >= 4 is 17.5 Å². The third-order valence-corrected chi connectivity index (χ3v) is 3.49. The van der Waals surface area contributed by atoms with Gasteiger partial charge in [0.2, 0.25) is 0 Å². The number of carbonyl (C=O) groups excluding carboxylic acids is 3. The van der Waals surface area contributed by atoms with E-state index in [-0.39, 0.29) is 24.4 Å². The van der Waals surface area contributed by atoms with Crippen LogP contribution >= 0.6 is 0 Å². The predicted molar refractivity (Wildman–Crippen MR) is 68.8 cm³/mol. The van der Waals surface area contributed by atoms with Crippen LogP contribution in [0.3, 0.4) is 0 Å². The quantitative estimate of drug-likeness (QED) is 0.613. The van der Waals surface area contributed by atoms with Gasteiger partial charge in [-0.25, -0.2) is 0 Å². The summed E-state index contributed by atoms with van der Waals surface area (Å²) < 4.78 is 4.49. The molecule has 0 spiro atoms. The Bertz CT molecular complexity index is 519. The van der Waals surface area contributed by atoms with Crippen LogP contribution in [-0.2, 0) is 20.7 Å². The number of Topliss-reactive ketones (excluding diaryl/α,β-unsaturated/α-hetero) is 2. The number of aryl methyl sites for hydroxylation is 1. The van der Waals surface area contributed by atoms with Gasteiger partial charge in [0.05, 0.1) is 19.4 Å². The number of esters is 1. The van der Waals surface area contributed by atoms with Crippen molar-refractivity contribution in [1.82, 2.24) is 0 Å². The van der Waals surface area contributed by atoms with Crippen molar-refractivity contribution in [1.29, 1.82) is 0 Å². The highest BCUT2D eigenvalue weighted by atomic mass is 16.5. The number of rotatable bonds is 4. The van der Waals surface area contributed by atoms with E-state index in [1.54, 1.807) is 12.1 Å². The second-order valence-corrected chi connectivity index (χ2v) is 4.66. The first-order valence-corrected chi connectivity index (χ1v) is 6.35. The molecule has 1 aliphatic carbocycles. The molecule has 1 aromatic rings. The summed E-state index contributed by atoms with van der Waals surface area (Å²) in [5, 5.41) is 0. The lowest BCUT2D eigenvalue weighted by Crippen LogP contribution is -2.29. The highest BCUT2D eigenvalue weighted by molar-refractivity contribution is 6.12. The fourth-order valence-electron chi connectivity index (χ4n) is 2.41. The van der Waals surface area contributed by atoms with E-state index in [1.165, 1.54) is 7.11 Å². The molecular formula is C15H16O4. The standard InChI is InChI=1S/C15H16O4/c1-19-14(17)9-8-13(16)12-7-6-10-4-2-3-5-11(10)15(12)18/h2-5,12H,6-9H2,1H3. The van der Waals surface area contributed by atoms with Crippen molar-refractivity contribution in [2.24, 2.45) is 5.92 Å². The van der Waals surface area contributed by atoms with Gasteiger partial charge in [0.1, 0.15) is 5.78 Å². The highest BCUT2D eigenvalue weighted by Crippen LogP contribution is 2.27. The molecule has 0 amide bonds. The minimum atomic E-state index is -0.598. The molecule has 0 fully saturated rings. The van der Waals surface area contributed by atoms with Gasteiger partial charge in [0, 0.05) is 12.0 Å². The van der Waals surface area contributed by atoms with Crippen LogP contribution in [0.4, 0.5) is 0 Å². The number of ketones is 2. The molecule has 1 atom stereocenters. The Labute approximate surface area is 111 Å². The van der Waals surface area contributed by atoms with Crippen LogP contribution in [0.1, 0.15) is 35.2 Å². The first-order chi connectivity index (χ1) is 9.13. The Morgan fingerprint density at radius 2 is 2.00 bits per heavy atom. The Morgan fingerprint density at radius 3 is 2.74 bits per heavy atom. The van der Waals surface area contributed by atoms with Crippen LogP contribution in [0.2, 0.25) is 0 Å². The minimum Gasteiger partial charge on any atom is -0.469 e. The average Bonchev–Trinajstić information content (AvgIpc) is 2.45. The highest BCUT2D eigenvalue weighted by Gasteiger charge is 2.32. The molecule has 19 heavy (non-hydrogen) atoms. The predicted octanol–water partition coefficient (Wildman–Crippen LogP) is 1.95. The van der Waals surface area contributed by atoms with Gasteiger partial charge < -0.3 is 4.74 Å². The Balaban J connectivity index is 2.05. The molecule has 4 heteroatoms. The van der Waals surface area contributed by atoms with Crippen LogP contribution < -0.4 is 0 Å². The van der Waals surface area contributed by atoms with Crippen LogP contribution in [0, 0.1) is 5.92 Å². The Morgan fingerprint density at radius 1 is 1.26 bits per heavy atom. The molecule has 0 heterocycles. The molecule has 1 aromatic carbocycles. The zero-order valence-corrected chi connectivity index (χ0v) is 10.8. The molecule has 0 radical (unpaired) electrons. The summed E-state index contributed by atoms with van der Waals surface area (Å²) in [5.41, 5.74) is 1.65. The largest absolute Gasteiger partial charge is 0.469 e. The van der Waals surface area contributed by atoms with E-state index in [4.69, 9.17) is 0 Å². The first kappa shape index (κ1) is 13.5. The van der Waals surface area contributed by atoms with Crippen LogP contribution in [0.5, 0.6) is 0 Å². The molecule has 1 aliphatic rings. The summed E-state index contributed by atoms with van der Waals surface area (Å²) in [7, 11) is 1.29. The minimum absolute atomic E-state index is 0.0424. The second kappa shape index (κ2) is 5.78.